The third kappa shape index (κ3) is 4.68. The van der Waals surface area contributed by atoms with Crippen LogP contribution in [0.2, 0.25) is 0 Å². The fourth-order valence-corrected chi connectivity index (χ4v) is 5.78. The van der Waals surface area contributed by atoms with Crippen LogP contribution in [0.5, 0.6) is 5.75 Å². The summed E-state index contributed by atoms with van der Waals surface area (Å²) in [6.45, 7) is 0. The number of benzene rings is 3. The molecule has 0 aromatic heterocycles. The molecule has 0 bridgehead atoms. The minimum absolute atomic E-state index is 0.0711. The van der Waals surface area contributed by atoms with Crippen molar-refractivity contribution in [1.82, 2.24) is 0 Å². The molecule has 3 aromatic carbocycles. The number of carbonyl (C=O) groups excluding carboxylic acids is 1. The minimum Gasteiger partial charge on any atom is -0.495 e. The zero-order valence-corrected chi connectivity index (χ0v) is 18.9. The van der Waals surface area contributed by atoms with Gasteiger partial charge in [0, 0.05) is 15.2 Å². The quantitative estimate of drug-likeness (QED) is 0.378. The summed E-state index contributed by atoms with van der Waals surface area (Å²) in [5.74, 6) is 0.251. The predicted octanol–water partition coefficient (Wildman–Crippen LogP) is 4.68. The van der Waals surface area contributed by atoms with Crippen LogP contribution < -0.4 is 9.46 Å². The van der Waals surface area contributed by atoms with E-state index in [2.05, 4.69) is 20.7 Å². The fourth-order valence-electron chi connectivity index (χ4n) is 2.78. The van der Waals surface area contributed by atoms with Crippen molar-refractivity contribution < 1.29 is 22.7 Å². The van der Waals surface area contributed by atoms with E-state index in [0.29, 0.717) is 26.2 Å². The maximum atomic E-state index is 13.0. The molecule has 0 unspecified atom stereocenters. The molecule has 0 amide bonds. The number of esters is 1. The molecule has 9 heteroatoms. The van der Waals surface area contributed by atoms with Gasteiger partial charge in [0.1, 0.15) is 10.6 Å². The maximum absolute atomic E-state index is 13.0. The summed E-state index contributed by atoms with van der Waals surface area (Å²) in [6.07, 6.45) is 0. The minimum atomic E-state index is -3.85. The first-order valence-electron chi connectivity index (χ1n) is 8.44. The standard InChI is InChI=1S/C20H18BrNO5S2/c1-26-19(23)12-28-17-11-16(13-7-3-4-8-14(13)20(17)27-2)22-29(24,25)18-10-6-5-9-15(18)21/h3-11,22H,12H2,1-2H3. The number of nitrogens with one attached hydrogen (secondary N) is 1. The van der Waals surface area contributed by atoms with Crippen molar-refractivity contribution in [2.24, 2.45) is 0 Å². The van der Waals surface area contributed by atoms with Crippen molar-refractivity contribution in [2.75, 3.05) is 24.7 Å². The number of halogens is 1. The van der Waals surface area contributed by atoms with E-state index in [1.54, 1.807) is 24.3 Å². The summed E-state index contributed by atoms with van der Waals surface area (Å²) in [5, 5.41) is 1.41. The number of ether oxygens (including phenoxy) is 2. The molecule has 3 aromatic rings. The van der Waals surface area contributed by atoms with Gasteiger partial charge in [-0.2, -0.15) is 0 Å². The number of carbonyl (C=O) groups is 1. The van der Waals surface area contributed by atoms with Gasteiger partial charge in [0.25, 0.3) is 10.0 Å². The molecule has 0 atom stereocenters. The highest BCUT2D eigenvalue weighted by Gasteiger charge is 2.21. The van der Waals surface area contributed by atoms with Gasteiger partial charge in [-0.25, -0.2) is 8.42 Å². The Bertz CT molecular complexity index is 1160. The molecule has 0 radical (unpaired) electrons. The average molecular weight is 496 g/mol. The number of hydrogen-bond acceptors (Lipinski definition) is 6. The van der Waals surface area contributed by atoms with Gasteiger partial charge in [-0.05, 0) is 34.1 Å². The van der Waals surface area contributed by atoms with Gasteiger partial charge in [-0.3, -0.25) is 9.52 Å². The van der Waals surface area contributed by atoms with E-state index in [9.17, 15) is 13.2 Å². The molecule has 152 valence electrons. The lowest BCUT2D eigenvalue weighted by Crippen LogP contribution is -2.14. The number of thioether (sulfide) groups is 1. The Labute approximate surface area is 181 Å². The van der Waals surface area contributed by atoms with Crippen LogP contribution in [0.25, 0.3) is 10.8 Å². The molecule has 3 rings (SSSR count). The average Bonchev–Trinajstić information content (AvgIpc) is 2.72. The summed E-state index contributed by atoms with van der Waals surface area (Å²) >= 11 is 4.50. The third-order valence-corrected chi connectivity index (χ3v) is 7.48. The Morgan fingerprint density at radius 2 is 1.72 bits per heavy atom. The van der Waals surface area contributed by atoms with E-state index >= 15 is 0 Å². The van der Waals surface area contributed by atoms with Crippen molar-refractivity contribution in [3.8, 4) is 5.75 Å². The van der Waals surface area contributed by atoms with E-state index in [1.807, 2.05) is 24.3 Å². The molecule has 0 aliphatic carbocycles. The van der Waals surface area contributed by atoms with Crippen LogP contribution in [0, 0.1) is 0 Å². The van der Waals surface area contributed by atoms with Crippen molar-refractivity contribution in [3.05, 3.63) is 59.1 Å². The van der Waals surface area contributed by atoms with Crippen molar-refractivity contribution in [1.29, 1.82) is 0 Å². The monoisotopic (exact) mass is 495 g/mol. The van der Waals surface area contributed by atoms with E-state index < -0.39 is 10.0 Å². The number of fused-ring (bicyclic) bond motifs is 1. The number of anilines is 1. The Morgan fingerprint density at radius 1 is 1.07 bits per heavy atom. The first-order valence-corrected chi connectivity index (χ1v) is 11.7. The van der Waals surface area contributed by atoms with Gasteiger partial charge in [0.2, 0.25) is 0 Å². The number of sulfonamides is 1. The van der Waals surface area contributed by atoms with Crippen molar-refractivity contribution in [2.45, 2.75) is 9.79 Å². The van der Waals surface area contributed by atoms with Crippen LogP contribution in [-0.4, -0.2) is 34.4 Å². The van der Waals surface area contributed by atoms with Crippen molar-refractivity contribution in [3.63, 3.8) is 0 Å². The highest BCUT2D eigenvalue weighted by molar-refractivity contribution is 9.10. The van der Waals surface area contributed by atoms with Gasteiger partial charge in [0.15, 0.2) is 0 Å². The summed E-state index contributed by atoms with van der Waals surface area (Å²) in [6, 6.07) is 15.6. The Morgan fingerprint density at radius 3 is 2.38 bits per heavy atom. The second-order valence-electron chi connectivity index (χ2n) is 5.90. The molecule has 0 saturated heterocycles. The smallest absolute Gasteiger partial charge is 0.315 e. The summed E-state index contributed by atoms with van der Waals surface area (Å²) in [4.78, 5) is 12.3. The van der Waals surface area contributed by atoms with E-state index in [0.717, 1.165) is 5.39 Å². The zero-order chi connectivity index (χ0) is 21.0. The fraction of sp³-hybridized carbons (Fsp3) is 0.150. The highest BCUT2D eigenvalue weighted by Crippen LogP contribution is 2.41. The number of hydrogen-bond donors (Lipinski definition) is 1. The van der Waals surface area contributed by atoms with Gasteiger partial charge < -0.3 is 9.47 Å². The van der Waals surface area contributed by atoms with Gasteiger partial charge in [-0.1, -0.05) is 36.4 Å². The molecule has 6 nitrogen and oxygen atoms in total. The molecular weight excluding hydrogens is 478 g/mol. The predicted molar refractivity (Wildman–Crippen MR) is 118 cm³/mol. The SMILES string of the molecule is COC(=O)CSc1cc(NS(=O)(=O)c2ccccc2Br)c2ccccc2c1OC. The van der Waals surface area contributed by atoms with E-state index in [-0.39, 0.29) is 16.6 Å². The second kappa shape index (κ2) is 9.06. The Hall–Kier alpha value is -2.23. The highest BCUT2D eigenvalue weighted by atomic mass is 79.9. The van der Waals surface area contributed by atoms with Crippen LogP contribution in [0.4, 0.5) is 5.69 Å². The van der Waals surface area contributed by atoms with Gasteiger partial charge in [0.05, 0.1) is 30.6 Å². The molecular formula is C20H18BrNO5S2. The summed E-state index contributed by atoms with van der Waals surface area (Å²) in [5.41, 5.74) is 0.393. The van der Waals surface area contributed by atoms with E-state index in [1.165, 1.54) is 32.0 Å². The molecule has 0 aliphatic heterocycles. The van der Waals surface area contributed by atoms with Crippen LogP contribution in [0.3, 0.4) is 0 Å². The maximum Gasteiger partial charge on any atom is 0.315 e. The molecule has 0 spiro atoms. The van der Waals surface area contributed by atoms with Crippen LogP contribution >= 0.6 is 27.7 Å². The first-order chi connectivity index (χ1) is 13.9. The largest absolute Gasteiger partial charge is 0.495 e. The molecule has 29 heavy (non-hydrogen) atoms. The van der Waals surface area contributed by atoms with Gasteiger partial charge in [-0.15, -0.1) is 11.8 Å². The summed E-state index contributed by atoms with van der Waals surface area (Å²) in [7, 11) is -0.992. The molecule has 0 fully saturated rings. The van der Waals surface area contributed by atoms with Crippen molar-refractivity contribution >= 4 is 60.1 Å². The number of rotatable bonds is 7. The molecule has 1 N–H and O–H groups in total. The lowest BCUT2D eigenvalue weighted by atomic mass is 10.1. The van der Waals surface area contributed by atoms with E-state index in [4.69, 9.17) is 9.47 Å². The lowest BCUT2D eigenvalue weighted by molar-refractivity contribution is -0.137. The Balaban J connectivity index is 2.12. The summed E-state index contributed by atoms with van der Waals surface area (Å²) < 4.78 is 39.4. The lowest BCUT2D eigenvalue weighted by Gasteiger charge is -2.17. The Kier molecular flexibility index (Phi) is 6.71. The van der Waals surface area contributed by atoms with Gasteiger partial charge >= 0.3 is 5.97 Å². The van der Waals surface area contributed by atoms with Crippen LogP contribution in [0.1, 0.15) is 0 Å². The molecule has 0 heterocycles. The second-order valence-corrected chi connectivity index (χ2v) is 9.42. The zero-order valence-electron chi connectivity index (χ0n) is 15.6. The number of methoxy groups -OCH3 is 2. The normalized spacial score (nSPS) is 11.3. The van der Waals surface area contributed by atoms with Crippen LogP contribution in [0.15, 0.2) is 68.9 Å². The third-order valence-electron chi connectivity index (χ3n) is 4.11. The molecule has 0 aliphatic rings. The topological polar surface area (TPSA) is 81.7 Å². The first kappa shape index (κ1) is 21.5. The van der Waals surface area contributed by atoms with Crippen LogP contribution in [-0.2, 0) is 19.6 Å². The molecule has 0 saturated carbocycles.